The zero-order valence-electron chi connectivity index (χ0n) is 20.2. The van der Waals surface area contributed by atoms with Gasteiger partial charge in [-0.25, -0.2) is 4.98 Å². The van der Waals surface area contributed by atoms with E-state index in [4.69, 9.17) is 0 Å². The van der Waals surface area contributed by atoms with Gasteiger partial charge in [-0.15, -0.1) is 0 Å². The number of aromatic amines is 1. The van der Waals surface area contributed by atoms with Crippen LogP contribution < -0.4 is 21.1 Å². The van der Waals surface area contributed by atoms with Crippen LogP contribution in [-0.4, -0.2) is 59.5 Å². The number of fused-ring (bicyclic) bond motifs is 3. The molecule has 1 aliphatic carbocycles. The molecule has 1 saturated heterocycles. The highest BCUT2D eigenvalue weighted by atomic mass is 16.1. The summed E-state index contributed by atoms with van der Waals surface area (Å²) in [6.45, 7) is 7.56. The van der Waals surface area contributed by atoms with Crippen molar-refractivity contribution in [1.29, 1.82) is 0 Å². The number of nitrogens with one attached hydrogen (secondary N) is 3. The average molecular weight is 473 g/mol. The molecule has 0 atom stereocenters. The molecule has 2 aromatic heterocycles. The number of nitrogens with zero attached hydrogens (tertiary/aromatic N) is 3. The molecule has 8 nitrogen and oxygen atoms in total. The van der Waals surface area contributed by atoms with E-state index in [2.05, 4.69) is 49.5 Å². The summed E-state index contributed by atoms with van der Waals surface area (Å²) in [5.74, 6) is 0.892. The van der Waals surface area contributed by atoms with Crippen LogP contribution >= 0.6 is 0 Å². The molecule has 3 aromatic rings. The van der Waals surface area contributed by atoms with Gasteiger partial charge in [0.05, 0.1) is 16.8 Å². The first-order chi connectivity index (χ1) is 17.0. The van der Waals surface area contributed by atoms with Gasteiger partial charge in [0, 0.05) is 62.5 Å². The van der Waals surface area contributed by atoms with Gasteiger partial charge in [0.2, 0.25) is 0 Å². The second-order valence-corrected chi connectivity index (χ2v) is 10.1. The molecule has 2 aliphatic heterocycles. The summed E-state index contributed by atoms with van der Waals surface area (Å²) in [6.07, 6.45) is 5.69. The standard InChI is InChI=1S/C27H32N6O2/c1-17-13-18(14-22-24(17)25-21(27(35)31-22)3-2-8-28-25)16-32-9-11-33(12-10-32)23-7-4-19(15-29-23)26(34)30-20-5-6-20/h4,7,13-15,20,28H,2-3,5-6,8-12,16H2,1H3,(H,30,34)(H,31,35). The van der Waals surface area contributed by atoms with Gasteiger partial charge in [0.1, 0.15) is 5.82 Å². The molecule has 4 heterocycles. The first-order valence-corrected chi connectivity index (χ1v) is 12.7. The van der Waals surface area contributed by atoms with Crippen LogP contribution in [0.1, 0.15) is 46.3 Å². The number of carbonyl (C=O) groups excluding carboxylic acids is 1. The van der Waals surface area contributed by atoms with E-state index in [1.54, 1.807) is 6.20 Å². The quantitative estimate of drug-likeness (QED) is 0.529. The predicted octanol–water partition coefficient (Wildman–Crippen LogP) is 2.80. The molecule has 182 valence electrons. The number of aromatic nitrogens is 2. The molecule has 2 fully saturated rings. The third kappa shape index (κ3) is 4.50. The van der Waals surface area contributed by atoms with Gasteiger partial charge in [-0.05, 0) is 61.9 Å². The molecule has 35 heavy (non-hydrogen) atoms. The van der Waals surface area contributed by atoms with E-state index in [0.29, 0.717) is 11.6 Å². The van der Waals surface area contributed by atoms with Gasteiger partial charge >= 0.3 is 0 Å². The Labute approximate surface area is 204 Å². The molecule has 6 rings (SSSR count). The molecule has 0 radical (unpaired) electrons. The normalized spacial score (nSPS) is 18.3. The van der Waals surface area contributed by atoms with E-state index < -0.39 is 0 Å². The van der Waals surface area contributed by atoms with Crippen LogP contribution in [0, 0.1) is 6.92 Å². The highest BCUT2D eigenvalue weighted by molar-refractivity contribution is 5.96. The molecular weight excluding hydrogens is 440 g/mol. The highest BCUT2D eigenvalue weighted by Crippen LogP contribution is 2.31. The number of carbonyl (C=O) groups is 1. The maximum absolute atomic E-state index is 12.6. The second kappa shape index (κ2) is 9.00. The van der Waals surface area contributed by atoms with Gasteiger partial charge < -0.3 is 20.5 Å². The van der Waals surface area contributed by atoms with Gasteiger partial charge in [0.25, 0.3) is 11.5 Å². The number of aryl methyl sites for hydroxylation is 1. The van der Waals surface area contributed by atoms with Crippen molar-refractivity contribution in [2.24, 2.45) is 0 Å². The van der Waals surface area contributed by atoms with Crippen molar-refractivity contribution in [3.63, 3.8) is 0 Å². The summed E-state index contributed by atoms with van der Waals surface area (Å²) in [4.78, 5) is 37.2. The molecule has 0 spiro atoms. The number of hydrogen-bond donors (Lipinski definition) is 3. The van der Waals surface area contributed by atoms with Crippen molar-refractivity contribution < 1.29 is 4.79 Å². The number of anilines is 2. The number of hydrogen-bond acceptors (Lipinski definition) is 6. The van der Waals surface area contributed by atoms with Gasteiger partial charge in [0.15, 0.2) is 0 Å². The first kappa shape index (κ1) is 22.1. The molecule has 1 saturated carbocycles. The van der Waals surface area contributed by atoms with E-state index in [9.17, 15) is 9.59 Å². The monoisotopic (exact) mass is 472 g/mol. The molecule has 0 bridgehead atoms. The van der Waals surface area contributed by atoms with E-state index >= 15 is 0 Å². The Morgan fingerprint density at radius 2 is 2.00 bits per heavy atom. The highest BCUT2D eigenvalue weighted by Gasteiger charge is 2.24. The van der Waals surface area contributed by atoms with Crippen LogP contribution in [0.4, 0.5) is 11.5 Å². The van der Waals surface area contributed by atoms with Gasteiger partial charge in [-0.1, -0.05) is 6.07 Å². The van der Waals surface area contributed by atoms with Crippen molar-refractivity contribution in [3.05, 3.63) is 63.1 Å². The van der Waals surface area contributed by atoms with Crippen molar-refractivity contribution in [3.8, 4) is 0 Å². The summed E-state index contributed by atoms with van der Waals surface area (Å²) in [7, 11) is 0. The van der Waals surface area contributed by atoms with Crippen LogP contribution in [0.3, 0.4) is 0 Å². The van der Waals surface area contributed by atoms with Crippen molar-refractivity contribution in [2.75, 3.05) is 42.9 Å². The molecule has 3 N–H and O–H groups in total. The third-order valence-electron chi connectivity index (χ3n) is 7.40. The lowest BCUT2D eigenvalue weighted by atomic mass is 9.97. The minimum Gasteiger partial charge on any atom is -0.384 e. The minimum absolute atomic E-state index is 0.0281. The molecule has 1 amide bonds. The Morgan fingerprint density at radius 3 is 2.74 bits per heavy atom. The largest absolute Gasteiger partial charge is 0.384 e. The van der Waals surface area contributed by atoms with Crippen molar-refractivity contribution in [1.82, 2.24) is 20.2 Å². The molecule has 0 unspecified atom stereocenters. The number of benzene rings is 1. The Kier molecular flexibility index (Phi) is 5.68. The van der Waals surface area contributed by atoms with Crippen molar-refractivity contribution >= 4 is 28.3 Å². The van der Waals surface area contributed by atoms with Crippen LogP contribution in [0.5, 0.6) is 0 Å². The number of piperazine rings is 1. The Hall–Kier alpha value is -3.39. The van der Waals surface area contributed by atoms with E-state index in [1.807, 2.05) is 12.1 Å². The second-order valence-electron chi connectivity index (χ2n) is 10.1. The fraction of sp³-hybridized carbons (Fsp3) is 0.444. The fourth-order valence-electron chi connectivity index (χ4n) is 5.36. The predicted molar refractivity (Wildman–Crippen MR) is 138 cm³/mol. The van der Waals surface area contributed by atoms with E-state index in [-0.39, 0.29) is 11.5 Å². The lowest BCUT2D eigenvalue weighted by Crippen LogP contribution is -2.46. The molecule has 8 heteroatoms. The van der Waals surface area contributed by atoms with Crippen LogP contribution in [-0.2, 0) is 13.0 Å². The topological polar surface area (TPSA) is 93.4 Å². The lowest BCUT2D eigenvalue weighted by molar-refractivity contribution is 0.0950. The van der Waals surface area contributed by atoms with E-state index in [0.717, 1.165) is 92.9 Å². The van der Waals surface area contributed by atoms with Gasteiger partial charge in [-0.3, -0.25) is 14.5 Å². The zero-order chi connectivity index (χ0) is 23.9. The number of rotatable bonds is 5. The fourth-order valence-corrected chi connectivity index (χ4v) is 5.36. The summed E-state index contributed by atoms with van der Waals surface area (Å²) in [5.41, 5.74) is 5.92. The first-order valence-electron chi connectivity index (χ1n) is 12.7. The number of amides is 1. The SMILES string of the molecule is Cc1cc(CN2CCN(c3ccc(C(=O)NC4CC4)cn3)CC2)cc2[nH]c(=O)c3c(c12)NCCC3. The average Bonchev–Trinajstić information content (AvgIpc) is 3.68. The molecular formula is C27H32N6O2. The van der Waals surface area contributed by atoms with Crippen molar-refractivity contribution in [2.45, 2.75) is 45.2 Å². The third-order valence-corrected chi connectivity index (χ3v) is 7.40. The lowest BCUT2D eigenvalue weighted by Gasteiger charge is -2.35. The smallest absolute Gasteiger partial charge is 0.253 e. The Bertz CT molecular complexity index is 1320. The maximum atomic E-state index is 12.6. The minimum atomic E-state index is -0.0281. The molecule has 3 aliphatic rings. The summed E-state index contributed by atoms with van der Waals surface area (Å²) < 4.78 is 0. The van der Waals surface area contributed by atoms with Gasteiger partial charge in [-0.2, -0.15) is 0 Å². The zero-order valence-corrected chi connectivity index (χ0v) is 20.2. The Balaban J connectivity index is 1.11. The van der Waals surface area contributed by atoms with E-state index in [1.165, 1.54) is 11.1 Å². The summed E-state index contributed by atoms with van der Waals surface area (Å²) in [5, 5.41) is 7.62. The maximum Gasteiger partial charge on any atom is 0.253 e. The molecule has 1 aromatic carbocycles. The van der Waals surface area contributed by atoms with Crippen LogP contribution in [0.25, 0.3) is 10.9 Å². The number of H-pyrrole nitrogens is 1. The summed E-state index contributed by atoms with van der Waals surface area (Å²) in [6, 6.07) is 8.58. The summed E-state index contributed by atoms with van der Waals surface area (Å²) >= 11 is 0. The Morgan fingerprint density at radius 1 is 1.17 bits per heavy atom. The number of pyridine rings is 2. The van der Waals surface area contributed by atoms with Crippen LogP contribution in [0.2, 0.25) is 0 Å². The van der Waals surface area contributed by atoms with Crippen LogP contribution in [0.15, 0.2) is 35.3 Å².